The number of nitrogens with zero attached hydrogens (tertiary/aromatic N) is 2. The summed E-state index contributed by atoms with van der Waals surface area (Å²) in [4.78, 5) is 2.28. The Bertz CT molecular complexity index is 3130. The summed E-state index contributed by atoms with van der Waals surface area (Å²) in [5, 5.41) is 6.89. The van der Waals surface area contributed by atoms with Crippen LogP contribution in [0.15, 0.2) is 191 Å². The fourth-order valence-electron chi connectivity index (χ4n) is 8.00. The maximum absolute atomic E-state index is 6.58. The van der Waals surface area contributed by atoms with Crippen molar-refractivity contribution in [1.82, 2.24) is 4.57 Å². The highest BCUT2D eigenvalue weighted by molar-refractivity contribution is 6.12. The molecule has 0 bridgehead atoms. The molecule has 0 spiro atoms. The molecule has 0 saturated heterocycles. The molecule has 0 unspecified atom stereocenters. The standard InChI is InChI=1S/C48H30N2O2/c1-2-11-33(12-3-1)50-42-17-7-4-13-36(42)37-27-23-32(29-44(37)50)31-21-24-34(25-22-31)49(35-26-28-40-38-14-5-8-19-45(38)51-47(40)30-35)43-18-10-16-41-39-15-6-9-20-46(39)52-48(41)43/h1-30H. The van der Waals surface area contributed by atoms with Crippen LogP contribution in [0.5, 0.6) is 0 Å². The summed E-state index contributed by atoms with van der Waals surface area (Å²) in [6.45, 7) is 0. The summed E-state index contributed by atoms with van der Waals surface area (Å²) in [6, 6.07) is 64.3. The van der Waals surface area contributed by atoms with Gasteiger partial charge in [-0.25, -0.2) is 0 Å². The number of hydrogen-bond donors (Lipinski definition) is 0. The third-order valence-electron chi connectivity index (χ3n) is 10.4. The molecule has 244 valence electrons. The van der Waals surface area contributed by atoms with Gasteiger partial charge in [-0.1, -0.05) is 109 Å². The summed E-state index contributed by atoms with van der Waals surface area (Å²) in [7, 11) is 0. The Morgan fingerprint density at radius 2 is 0.962 bits per heavy atom. The van der Waals surface area contributed by atoms with Crippen LogP contribution in [0.4, 0.5) is 17.1 Å². The van der Waals surface area contributed by atoms with Crippen molar-refractivity contribution in [2.24, 2.45) is 0 Å². The Balaban J connectivity index is 1.08. The predicted molar refractivity (Wildman–Crippen MR) is 215 cm³/mol. The zero-order valence-corrected chi connectivity index (χ0v) is 28.0. The first kappa shape index (κ1) is 28.8. The molecular formula is C48H30N2O2. The molecule has 0 saturated carbocycles. The molecule has 11 aromatic rings. The van der Waals surface area contributed by atoms with Crippen molar-refractivity contribution >= 4 is 82.7 Å². The average molecular weight is 667 g/mol. The van der Waals surface area contributed by atoms with E-state index in [0.29, 0.717) is 0 Å². The van der Waals surface area contributed by atoms with Crippen LogP contribution < -0.4 is 4.90 Å². The molecule has 4 heteroatoms. The highest BCUT2D eigenvalue weighted by atomic mass is 16.3. The van der Waals surface area contributed by atoms with E-state index in [9.17, 15) is 0 Å². The van der Waals surface area contributed by atoms with E-state index in [0.717, 1.165) is 77.8 Å². The van der Waals surface area contributed by atoms with Gasteiger partial charge in [0.05, 0.1) is 22.4 Å². The van der Waals surface area contributed by atoms with E-state index in [1.54, 1.807) is 0 Å². The predicted octanol–water partition coefficient (Wildman–Crippen LogP) is 13.7. The van der Waals surface area contributed by atoms with Crippen LogP contribution in [0.2, 0.25) is 0 Å². The fraction of sp³-hybridized carbons (Fsp3) is 0. The van der Waals surface area contributed by atoms with Gasteiger partial charge in [-0.2, -0.15) is 0 Å². The van der Waals surface area contributed by atoms with E-state index in [-0.39, 0.29) is 0 Å². The third-order valence-corrected chi connectivity index (χ3v) is 10.4. The van der Waals surface area contributed by atoms with Gasteiger partial charge in [-0.15, -0.1) is 0 Å². The number of rotatable bonds is 5. The van der Waals surface area contributed by atoms with Gasteiger partial charge in [-0.05, 0) is 77.9 Å². The van der Waals surface area contributed by atoms with E-state index in [2.05, 4.69) is 167 Å². The summed E-state index contributed by atoms with van der Waals surface area (Å²) < 4.78 is 15.3. The molecule has 3 aromatic heterocycles. The lowest BCUT2D eigenvalue weighted by Crippen LogP contribution is -2.10. The van der Waals surface area contributed by atoms with Crippen LogP contribution >= 0.6 is 0 Å². The van der Waals surface area contributed by atoms with Crippen molar-refractivity contribution in [3.63, 3.8) is 0 Å². The molecule has 3 heterocycles. The van der Waals surface area contributed by atoms with E-state index in [1.807, 2.05) is 24.3 Å². The quantitative estimate of drug-likeness (QED) is 0.183. The number of para-hydroxylation sites is 5. The molecule has 8 aromatic carbocycles. The normalized spacial score (nSPS) is 11.8. The minimum atomic E-state index is 0.844. The van der Waals surface area contributed by atoms with E-state index < -0.39 is 0 Å². The average Bonchev–Trinajstić information content (AvgIpc) is 3.88. The van der Waals surface area contributed by atoms with Gasteiger partial charge in [-0.3, -0.25) is 0 Å². The van der Waals surface area contributed by atoms with Gasteiger partial charge in [0.15, 0.2) is 5.58 Å². The van der Waals surface area contributed by atoms with Crippen LogP contribution in [0.1, 0.15) is 0 Å². The van der Waals surface area contributed by atoms with Gasteiger partial charge in [0.1, 0.15) is 16.7 Å². The topological polar surface area (TPSA) is 34.5 Å². The Morgan fingerprint density at radius 1 is 0.365 bits per heavy atom. The SMILES string of the molecule is c1ccc(-n2c3ccccc3c3ccc(-c4ccc(N(c5ccc6c(c5)oc5ccccc56)c5cccc6c5oc5ccccc56)cc4)cc32)cc1. The first-order valence-corrected chi connectivity index (χ1v) is 17.6. The second-order valence-electron chi connectivity index (χ2n) is 13.3. The van der Waals surface area contributed by atoms with Crippen molar-refractivity contribution < 1.29 is 8.83 Å². The van der Waals surface area contributed by atoms with Crippen LogP contribution in [0.25, 0.3) is 82.5 Å². The first-order valence-electron chi connectivity index (χ1n) is 17.6. The van der Waals surface area contributed by atoms with Gasteiger partial charge in [0, 0.05) is 49.8 Å². The van der Waals surface area contributed by atoms with E-state index >= 15 is 0 Å². The summed E-state index contributed by atoms with van der Waals surface area (Å²) in [5.41, 5.74) is 12.3. The number of anilines is 3. The lowest BCUT2D eigenvalue weighted by atomic mass is 10.0. The molecular weight excluding hydrogens is 637 g/mol. The maximum Gasteiger partial charge on any atom is 0.159 e. The molecule has 0 aliphatic rings. The molecule has 0 atom stereocenters. The Labute approximate surface area is 299 Å². The first-order chi connectivity index (χ1) is 25.8. The molecule has 0 aliphatic carbocycles. The highest BCUT2D eigenvalue weighted by Gasteiger charge is 2.21. The molecule has 11 rings (SSSR count). The minimum Gasteiger partial charge on any atom is -0.456 e. The van der Waals surface area contributed by atoms with Gasteiger partial charge >= 0.3 is 0 Å². The lowest BCUT2D eigenvalue weighted by Gasteiger charge is -2.25. The molecule has 0 amide bonds. The largest absolute Gasteiger partial charge is 0.456 e. The van der Waals surface area contributed by atoms with E-state index in [1.165, 1.54) is 21.8 Å². The molecule has 0 aliphatic heterocycles. The van der Waals surface area contributed by atoms with Crippen molar-refractivity contribution in [2.45, 2.75) is 0 Å². The van der Waals surface area contributed by atoms with Gasteiger partial charge in [0.25, 0.3) is 0 Å². The van der Waals surface area contributed by atoms with Crippen LogP contribution in [-0.4, -0.2) is 4.57 Å². The van der Waals surface area contributed by atoms with Crippen LogP contribution in [-0.2, 0) is 0 Å². The third kappa shape index (κ3) is 4.34. The van der Waals surface area contributed by atoms with Crippen LogP contribution in [0.3, 0.4) is 0 Å². The van der Waals surface area contributed by atoms with Gasteiger partial charge in [0.2, 0.25) is 0 Å². The van der Waals surface area contributed by atoms with Gasteiger partial charge < -0.3 is 18.3 Å². The lowest BCUT2D eigenvalue weighted by molar-refractivity contribution is 0.667. The summed E-state index contributed by atoms with van der Waals surface area (Å²) >= 11 is 0. The van der Waals surface area contributed by atoms with Crippen molar-refractivity contribution in [2.75, 3.05) is 4.90 Å². The summed E-state index contributed by atoms with van der Waals surface area (Å²) in [6.07, 6.45) is 0. The highest BCUT2D eigenvalue weighted by Crippen LogP contribution is 2.44. The second-order valence-corrected chi connectivity index (χ2v) is 13.3. The van der Waals surface area contributed by atoms with Crippen LogP contribution in [0, 0.1) is 0 Å². The number of hydrogen-bond acceptors (Lipinski definition) is 3. The molecule has 0 radical (unpaired) electrons. The fourth-order valence-corrected chi connectivity index (χ4v) is 8.00. The minimum absolute atomic E-state index is 0.844. The number of benzene rings is 8. The summed E-state index contributed by atoms with van der Waals surface area (Å²) in [5.74, 6) is 0. The zero-order chi connectivity index (χ0) is 34.2. The number of fused-ring (bicyclic) bond motifs is 9. The number of furan rings is 2. The zero-order valence-electron chi connectivity index (χ0n) is 28.0. The smallest absolute Gasteiger partial charge is 0.159 e. The molecule has 0 fully saturated rings. The molecule has 52 heavy (non-hydrogen) atoms. The van der Waals surface area contributed by atoms with Crippen molar-refractivity contribution in [1.29, 1.82) is 0 Å². The molecule has 0 N–H and O–H groups in total. The maximum atomic E-state index is 6.58. The number of aromatic nitrogens is 1. The van der Waals surface area contributed by atoms with Crippen molar-refractivity contribution in [3.05, 3.63) is 182 Å². The second kappa shape index (κ2) is 11.2. The molecule has 4 nitrogen and oxygen atoms in total. The Kier molecular flexibility index (Phi) is 6.22. The monoisotopic (exact) mass is 666 g/mol. The van der Waals surface area contributed by atoms with E-state index in [4.69, 9.17) is 8.83 Å². The Hall–Kier alpha value is -7.04. The Morgan fingerprint density at radius 3 is 1.79 bits per heavy atom. The van der Waals surface area contributed by atoms with Crippen molar-refractivity contribution in [3.8, 4) is 16.8 Å².